The van der Waals surface area contributed by atoms with E-state index in [1.54, 1.807) is 11.5 Å². The molecular formula is C27H17I4NO. The minimum absolute atomic E-state index is 0.0532. The fourth-order valence-corrected chi connectivity index (χ4v) is 6.38. The van der Waals surface area contributed by atoms with Gasteiger partial charge in [0.25, 0.3) is 0 Å². The van der Waals surface area contributed by atoms with Gasteiger partial charge in [-0.15, -0.1) is 0 Å². The lowest BCUT2D eigenvalue weighted by molar-refractivity contribution is 0.0946. The van der Waals surface area contributed by atoms with Gasteiger partial charge in [-0.05, 0) is 180 Å². The van der Waals surface area contributed by atoms with Gasteiger partial charge in [-0.2, -0.15) is 0 Å². The molecule has 6 rings (SSSR count). The Bertz CT molecular complexity index is 1460. The van der Waals surface area contributed by atoms with Crippen molar-refractivity contribution < 1.29 is 4.79 Å². The highest BCUT2D eigenvalue weighted by Gasteiger charge is 2.18. The van der Waals surface area contributed by atoms with E-state index in [0.717, 1.165) is 28.2 Å². The number of hydrogen-bond donors (Lipinski definition) is 0. The molecular weight excluding hydrogens is 862 g/mol. The molecule has 4 aromatic carbocycles. The quantitative estimate of drug-likeness (QED) is 0.140. The summed E-state index contributed by atoms with van der Waals surface area (Å²) in [6, 6.07) is 25.8. The molecule has 5 aromatic rings. The van der Waals surface area contributed by atoms with E-state index in [4.69, 9.17) is 0 Å². The Morgan fingerprint density at radius 3 is 1.45 bits per heavy atom. The smallest absolute Gasteiger partial charge is 0.228 e. The Hall–Kier alpha value is -0.730. The van der Waals surface area contributed by atoms with Crippen LogP contribution >= 0.6 is 90.4 Å². The van der Waals surface area contributed by atoms with Crippen molar-refractivity contribution in [1.82, 2.24) is 4.57 Å². The van der Waals surface area contributed by atoms with E-state index >= 15 is 0 Å². The first-order chi connectivity index (χ1) is 15.8. The molecule has 164 valence electrons. The normalized spacial score (nSPS) is 11.8. The van der Waals surface area contributed by atoms with Gasteiger partial charge in [-0.3, -0.25) is 9.36 Å². The van der Waals surface area contributed by atoms with Crippen LogP contribution in [0.25, 0.3) is 32.9 Å². The Kier molecular flexibility index (Phi) is 7.07. The standard InChI is InChI=1S/C14H9I2NO.C13H8I2/c1-8(18)17-13-4-2-9(15)6-11(13)12-7-10(16)3-5-14(12)17;14-10-3-1-8-5-9-2-4-11(15)7-13(9)12(8)6-10/h2-7H,1H3;1-4,6-7H,5H2. The minimum Gasteiger partial charge on any atom is -0.280 e. The predicted molar refractivity (Wildman–Crippen MR) is 171 cm³/mol. The summed E-state index contributed by atoms with van der Waals surface area (Å²) in [6.45, 7) is 1.61. The maximum atomic E-state index is 11.9. The van der Waals surface area contributed by atoms with Crippen molar-refractivity contribution in [1.29, 1.82) is 0 Å². The molecule has 2 nitrogen and oxygen atoms in total. The molecule has 1 heterocycles. The van der Waals surface area contributed by atoms with Gasteiger partial charge in [0, 0.05) is 32.0 Å². The summed E-state index contributed by atoms with van der Waals surface area (Å²) in [5.74, 6) is 0.0532. The van der Waals surface area contributed by atoms with E-state index in [1.165, 1.54) is 36.5 Å². The second kappa shape index (κ2) is 9.73. The fraction of sp³-hybridized carbons (Fsp3) is 0.0741. The zero-order valence-electron chi connectivity index (χ0n) is 17.5. The number of carbonyl (C=O) groups is 1. The van der Waals surface area contributed by atoms with Crippen molar-refractivity contribution in [3.63, 3.8) is 0 Å². The van der Waals surface area contributed by atoms with Crippen molar-refractivity contribution in [2.24, 2.45) is 0 Å². The largest absolute Gasteiger partial charge is 0.280 e. The Morgan fingerprint density at radius 2 is 1.03 bits per heavy atom. The number of fused-ring (bicyclic) bond motifs is 6. The first-order valence-electron chi connectivity index (χ1n) is 10.3. The van der Waals surface area contributed by atoms with Crippen molar-refractivity contribution in [3.05, 3.63) is 98.2 Å². The van der Waals surface area contributed by atoms with E-state index in [0.29, 0.717) is 0 Å². The first kappa shape index (κ1) is 24.0. The van der Waals surface area contributed by atoms with Crippen LogP contribution < -0.4 is 0 Å². The molecule has 0 bridgehead atoms. The number of aromatic nitrogens is 1. The Balaban J connectivity index is 0.000000140. The molecule has 1 aliphatic carbocycles. The topological polar surface area (TPSA) is 22.0 Å². The summed E-state index contributed by atoms with van der Waals surface area (Å²) in [6.07, 6.45) is 1.10. The van der Waals surface area contributed by atoms with E-state index in [2.05, 4.69) is 139 Å². The third-order valence-corrected chi connectivity index (χ3v) is 8.50. The van der Waals surface area contributed by atoms with Crippen molar-refractivity contribution >= 4 is 118 Å². The lowest BCUT2D eigenvalue weighted by Gasteiger charge is -2.01. The Labute approximate surface area is 247 Å². The molecule has 1 aromatic heterocycles. The molecule has 0 unspecified atom stereocenters. The number of nitrogens with zero attached hydrogens (tertiary/aromatic N) is 1. The minimum atomic E-state index is 0.0532. The van der Waals surface area contributed by atoms with Gasteiger partial charge in [-0.25, -0.2) is 0 Å². The van der Waals surface area contributed by atoms with Gasteiger partial charge < -0.3 is 0 Å². The number of rotatable bonds is 0. The van der Waals surface area contributed by atoms with Gasteiger partial charge in [0.15, 0.2) is 0 Å². The van der Waals surface area contributed by atoms with Crippen LogP contribution in [0.3, 0.4) is 0 Å². The zero-order valence-corrected chi connectivity index (χ0v) is 26.1. The van der Waals surface area contributed by atoms with Gasteiger partial charge in [0.05, 0.1) is 11.0 Å². The van der Waals surface area contributed by atoms with E-state index in [1.807, 2.05) is 24.3 Å². The van der Waals surface area contributed by atoms with Gasteiger partial charge in [0.2, 0.25) is 5.91 Å². The monoisotopic (exact) mass is 879 g/mol. The second-order valence-electron chi connectivity index (χ2n) is 7.96. The molecule has 1 aliphatic rings. The summed E-state index contributed by atoms with van der Waals surface area (Å²) < 4.78 is 6.79. The van der Waals surface area contributed by atoms with Gasteiger partial charge >= 0.3 is 0 Å². The lowest BCUT2D eigenvalue weighted by atomic mass is 10.1. The molecule has 0 saturated heterocycles. The van der Waals surface area contributed by atoms with Gasteiger partial charge in [0.1, 0.15) is 0 Å². The number of halogens is 4. The first-order valence-corrected chi connectivity index (χ1v) is 14.6. The molecule has 33 heavy (non-hydrogen) atoms. The van der Waals surface area contributed by atoms with Gasteiger partial charge in [-0.1, -0.05) is 12.1 Å². The van der Waals surface area contributed by atoms with Crippen molar-refractivity contribution in [2.45, 2.75) is 13.3 Å². The number of hydrogen-bond acceptors (Lipinski definition) is 1. The Morgan fingerprint density at radius 1 is 0.636 bits per heavy atom. The van der Waals surface area contributed by atoms with Crippen molar-refractivity contribution in [3.8, 4) is 11.1 Å². The third-order valence-electron chi connectivity index (χ3n) is 5.82. The maximum absolute atomic E-state index is 11.9. The zero-order chi connectivity index (χ0) is 23.3. The molecule has 0 fully saturated rings. The molecule has 0 aliphatic heterocycles. The highest BCUT2D eigenvalue weighted by atomic mass is 127. The van der Waals surface area contributed by atoms with E-state index in [-0.39, 0.29) is 5.91 Å². The average molecular weight is 879 g/mol. The third kappa shape index (κ3) is 4.73. The van der Waals surface area contributed by atoms with Crippen LogP contribution in [0.4, 0.5) is 0 Å². The summed E-state index contributed by atoms with van der Waals surface area (Å²) in [7, 11) is 0. The molecule has 6 heteroatoms. The van der Waals surface area contributed by atoms with Crippen LogP contribution in [0.5, 0.6) is 0 Å². The summed E-state index contributed by atoms with van der Waals surface area (Å²) in [4.78, 5) is 11.9. The van der Waals surface area contributed by atoms with E-state index < -0.39 is 0 Å². The summed E-state index contributed by atoms with van der Waals surface area (Å²) in [5, 5.41) is 2.29. The predicted octanol–water partition coefficient (Wildman–Crippen LogP) is 9.13. The molecule has 0 saturated carbocycles. The molecule has 0 amide bonds. The van der Waals surface area contributed by atoms with Crippen molar-refractivity contribution in [2.75, 3.05) is 0 Å². The fourth-order valence-electron chi connectivity index (χ4n) is 4.42. The van der Waals surface area contributed by atoms with E-state index in [9.17, 15) is 4.79 Å². The maximum Gasteiger partial charge on any atom is 0.228 e. The van der Waals surface area contributed by atoms with Crippen LogP contribution in [0, 0.1) is 14.3 Å². The molecule has 0 atom stereocenters. The molecule has 0 N–H and O–H groups in total. The number of carbonyl (C=O) groups excluding carboxylic acids is 1. The van der Waals surface area contributed by atoms with Crippen LogP contribution in [-0.2, 0) is 6.42 Å². The molecule has 0 radical (unpaired) electrons. The molecule has 0 spiro atoms. The number of benzene rings is 4. The van der Waals surface area contributed by atoms with Crippen LogP contribution in [0.1, 0.15) is 22.8 Å². The van der Waals surface area contributed by atoms with Crippen LogP contribution in [0.15, 0.2) is 72.8 Å². The SMILES string of the molecule is CC(=O)n1c2ccc(I)cc2c2cc(I)ccc21.Ic1ccc2c(c1)-c1cc(I)ccc1C2. The second-order valence-corrected chi connectivity index (χ2v) is 12.9. The summed E-state index contributed by atoms with van der Waals surface area (Å²) >= 11 is 9.36. The highest BCUT2D eigenvalue weighted by molar-refractivity contribution is 14.1. The summed E-state index contributed by atoms with van der Waals surface area (Å²) in [5.41, 5.74) is 7.76. The highest BCUT2D eigenvalue weighted by Crippen LogP contribution is 2.38. The van der Waals surface area contributed by atoms with Crippen LogP contribution in [0.2, 0.25) is 0 Å². The average Bonchev–Trinajstić information content (AvgIpc) is 3.29. The lowest BCUT2D eigenvalue weighted by Crippen LogP contribution is -2.04. The van der Waals surface area contributed by atoms with Crippen LogP contribution in [-0.4, -0.2) is 10.5 Å².